The van der Waals surface area contributed by atoms with Crippen molar-refractivity contribution in [1.82, 2.24) is 15.1 Å². The largest absolute Gasteiger partial charge is 0.403 e. The lowest BCUT2D eigenvalue weighted by Gasteiger charge is -2.31. The second-order valence-electron chi connectivity index (χ2n) is 8.16. The van der Waals surface area contributed by atoms with Crippen LogP contribution in [0, 0.1) is 5.41 Å². The number of benzene rings is 1. The second-order valence-corrected chi connectivity index (χ2v) is 8.60. The Hall–Kier alpha value is -2.12. The molecule has 1 amide bonds. The van der Waals surface area contributed by atoms with E-state index < -0.39 is 11.6 Å². The lowest BCUT2D eigenvalue weighted by molar-refractivity contribution is -0.136. The molecule has 27 heavy (non-hydrogen) atoms. The number of hydrogen-bond acceptors (Lipinski definition) is 6. The van der Waals surface area contributed by atoms with Gasteiger partial charge >= 0.3 is 6.01 Å². The Kier molecular flexibility index (Phi) is 4.39. The molecule has 0 unspecified atom stereocenters. The Morgan fingerprint density at radius 2 is 2.00 bits per heavy atom. The van der Waals surface area contributed by atoms with E-state index in [2.05, 4.69) is 15.5 Å². The van der Waals surface area contributed by atoms with Crippen LogP contribution in [0.3, 0.4) is 0 Å². The second kappa shape index (κ2) is 6.49. The average Bonchev–Trinajstić information content (AvgIpc) is 3.03. The van der Waals surface area contributed by atoms with Crippen LogP contribution in [0.25, 0.3) is 11.5 Å². The zero-order valence-corrected chi connectivity index (χ0v) is 16.2. The van der Waals surface area contributed by atoms with Gasteiger partial charge < -0.3 is 19.7 Å². The molecule has 8 heteroatoms. The molecule has 0 bridgehead atoms. The van der Waals surface area contributed by atoms with E-state index in [4.69, 9.17) is 16.0 Å². The molecule has 1 spiro atoms. The van der Waals surface area contributed by atoms with E-state index in [0.29, 0.717) is 16.3 Å². The minimum Gasteiger partial charge on any atom is -0.403 e. The minimum atomic E-state index is -1.29. The Morgan fingerprint density at radius 1 is 1.30 bits per heavy atom. The first-order valence-electron chi connectivity index (χ1n) is 9.13. The van der Waals surface area contributed by atoms with Crippen molar-refractivity contribution in [2.24, 2.45) is 5.41 Å². The van der Waals surface area contributed by atoms with E-state index in [1.54, 1.807) is 38.1 Å². The number of aromatic nitrogens is 2. The van der Waals surface area contributed by atoms with Crippen LogP contribution in [-0.2, 0) is 4.79 Å². The van der Waals surface area contributed by atoms with Crippen molar-refractivity contribution in [3.63, 3.8) is 0 Å². The van der Waals surface area contributed by atoms with Crippen molar-refractivity contribution in [1.29, 1.82) is 0 Å². The summed E-state index contributed by atoms with van der Waals surface area (Å²) < 4.78 is 5.64. The topological polar surface area (TPSA) is 91.5 Å². The highest BCUT2D eigenvalue weighted by atomic mass is 35.5. The van der Waals surface area contributed by atoms with E-state index in [1.807, 2.05) is 4.90 Å². The van der Waals surface area contributed by atoms with Gasteiger partial charge in [-0.15, -0.1) is 5.10 Å². The number of rotatable bonds is 5. The number of anilines is 1. The molecule has 1 aliphatic carbocycles. The van der Waals surface area contributed by atoms with Crippen LogP contribution in [0.2, 0.25) is 5.02 Å². The monoisotopic (exact) mass is 390 g/mol. The van der Waals surface area contributed by atoms with Crippen LogP contribution in [-0.4, -0.2) is 50.8 Å². The molecule has 1 saturated heterocycles. The van der Waals surface area contributed by atoms with Crippen molar-refractivity contribution in [3.8, 4) is 11.5 Å². The Bertz CT molecular complexity index is 839. The molecular formula is C19H23ClN4O3. The molecule has 1 aliphatic heterocycles. The molecule has 2 aliphatic rings. The molecule has 2 aromatic rings. The number of carbonyl (C=O) groups excluding carboxylic acids is 1. The number of amides is 1. The van der Waals surface area contributed by atoms with Gasteiger partial charge in [-0.25, -0.2) is 0 Å². The van der Waals surface area contributed by atoms with E-state index in [-0.39, 0.29) is 11.9 Å². The summed E-state index contributed by atoms with van der Waals surface area (Å²) in [5.41, 5.74) is -0.238. The van der Waals surface area contributed by atoms with Gasteiger partial charge in [0.2, 0.25) is 11.8 Å². The van der Waals surface area contributed by atoms with E-state index in [9.17, 15) is 9.90 Å². The van der Waals surface area contributed by atoms with E-state index >= 15 is 0 Å². The number of aliphatic hydroxyl groups is 1. The van der Waals surface area contributed by atoms with E-state index in [1.165, 1.54) is 12.8 Å². The predicted molar refractivity (Wildman–Crippen MR) is 101 cm³/mol. The number of hydrogen-bond donors (Lipinski definition) is 2. The SMILES string of the molecule is CC(C)(O)[C@@H](Nc1nnc(-c2ccc(Cl)cc2)o1)C(=O)N1CCC2(CC2)C1. The maximum Gasteiger partial charge on any atom is 0.316 e. The molecule has 2 fully saturated rings. The van der Waals surface area contributed by atoms with Gasteiger partial charge in [0, 0.05) is 23.7 Å². The molecule has 2 heterocycles. The van der Waals surface area contributed by atoms with Crippen LogP contribution in [0.15, 0.2) is 28.7 Å². The first-order chi connectivity index (χ1) is 12.8. The summed E-state index contributed by atoms with van der Waals surface area (Å²) in [6, 6.07) is 6.25. The maximum absolute atomic E-state index is 13.0. The fourth-order valence-electron chi connectivity index (χ4n) is 3.55. The lowest BCUT2D eigenvalue weighted by atomic mass is 9.97. The summed E-state index contributed by atoms with van der Waals surface area (Å²) in [6.45, 7) is 4.69. The van der Waals surface area contributed by atoms with Crippen LogP contribution in [0.4, 0.5) is 6.01 Å². The third-order valence-corrected chi connectivity index (χ3v) is 5.70. The van der Waals surface area contributed by atoms with Crippen LogP contribution < -0.4 is 5.32 Å². The van der Waals surface area contributed by atoms with Crippen LogP contribution in [0.5, 0.6) is 0 Å². The number of nitrogens with zero attached hydrogens (tertiary/aromatic N) is 3. The Labute approximate surface area is 162 Å². The highest BCUT2D eigenvalue weighted by molar-refractivity contribution is 6.30. The van der Waals surface area contributed by atoms with Gasteiger partial charge in [-0.3, -0.25) is 4.79 Å². The third-order valence-electron chi connectivity index (χ3n) is 5.44. The normalized spacial score (nSPS) is 19.3. The molecule has 1 aromatic carbocycles. The summed E-state index contributed by atoms with van der Waals surface area (Å²) in [5, 5.41) is 22.1. The van der Waals surface area contributed by atoms with Crippen LogP contribution in [0.1, 0.15) is 33.1 Å². The number of likely N-dealkylation sites (tertiary alicyclic amines) is 1. The van der Waals surface area contributed by atoms with Gasteiger partial charge in [0.1, 0.15) is 6.04 Å². The summed E-state index contributed by atoms with van der Waals surface area (Å²) >= 11 is 5.90. The zero-order valence-electron chi connectivity index (χ0n) is 15.4. The van der Waals surface area contributed by atoms with Crippen molar-refractivity contribution in [3.05, 3.63) is 29.3 Å². The van der Waals surface area contributed by atoms with Crippen molar-refractivity contribution in [2.45, 2.75) is 44.8 Å². The molecule has 144 valence electrons. The molecule has 0 radical (unpaired) electrons. The highest BCUT2D eigenvalue weighted by Crippen LogP contribution is 2.52. The van der Waals surface area contributed by atoms with Crippen molar-refractivity contribution < 1.29 is 14.3 Å². The molecule has 7 nitrogen and oxygen atoms in total. The predicted octanol–water partition coefficient (Wildman–Crippen LogP) is 2.95. The number of halogens is 1. The zero-order chi connectivity index (χ0) is 19.2. The van der Waals surface area contributed by atoms with Gasteiger partial charge in [-0.1, -0.05) is 16.7 Å². The summed E-state index contributed by atoms with van der Waals surface area (Å²) in [5.74, 6) is 0.173. The van der Waals surface area contributed by atoms with Crippen molar-refractivity contribution in [2.75, 3.05) is 18.4 Å². The van der Waals surface area contributed by atoms with E-state index in [0.717, 1.165) is 25.1 Å². The first kappa shape index (κ1) is 18.3. The highest BCUT2D eigenvalue weighted by Gasteiger charge is 2.50. The summed E-state index contributed by atoms with van der Waals surface area (Å²) in [7, 11) is 0. The molecule has 2 N–H and O–H groups in total. The maximum atomic E-state index is 13.0. The van der Waals surface area contributed by atoms with Crippen molar-refractivity contribution >= 4 is 23.5 Å². The fourth-order valence-corrected chi connectivity index (χ4v) is 3.67. The smallest absolute Gasteiger partial charge is 0.316 e. The third kappa shape index (κ3) is 3.80. The summed E-state index contributed by atoms with van der Waals surface area (Å²) in [4.78, 5) is 14.9. The van der Waals surface area contributed by atoms with Gasteiger partial charge in [-0.05, 0) is 62.8 Å². The standard InChI is InChI=1S/C19H23ClN4O3/c1-18(2,26)14(16(25)24-10-9-19(11-24)7-8-19)21-17-23-22-15(27-17)12-3-5-13(20)6-4-12/h3-6,14,26H,7-11H2,1-2H3,(H,21,23)/t14-/m0/s1. The number of carbonyl (C=O) groups is 1. The first-order valence-corrected chi connectivity index (χ1v) is 9.51. The number of nitrogens with one attached hydrogen (secondary N) is 1. The molecule has 1 atom stereocenters. The molecular weight excluding hydrogens is 368 g/mol. The summed E-state index contributed by atoms with van der Waals surface area (Å²) in [6.07, 6.45) is 3.41. The van der Waals surface area contributed by atoms with Gasteiger partial charge in [-0.2, -0.15) is 0 Å². The Balaban J connectivity index is 1.50. The molecule has 1 aromatic heterocycles. The minimum absolute atomic E-state index is 0.0979. The molecule has 4 rings (SSSR count). The van der Waals surface area contributed by atoms with Gasteiger partial charge in [0.05, 0.1) is 5.60 Å². The average molecular weight is 391 g/mol. The van der Waals surface area contributed by atoms with Gasteiger partial charge in [0.15, 0.2) is 0 Å². The van der Waals surface area contributed by atoms with Crippen LogP contribution >= 0.6 is 11.6 Å². The quantitative estimate of drug-likeness (QED) is 0.815. The fraction of sp³-hybridized carbons (Fsp3) is 0.526. The Morgan fingerprint density at radius 3 is 2.59 bits per heavy atom. The lowest BCUT2D eigenvalue weighted by Crippen LogP contribution is -2.53. The molecule has 1 saturated carbocycles. The van der Waals surface area contributed by atoms with Gasteiger partial charge in [0.25, 0.3) is 0 Å².